The molecule has 2 unspecified atom stereocenters. The van der Waals surface area contributed by atoms with Crippen molar-refractivity contribution < 1.29 is 9.90 Å². The molecule has 1 aromatic carbocycles. The van der Waals surface area contributed by atoms with Gasteiger partial charge in [-0.1, -0.05) is 28.1 Å². The summed E-state index contributed by atoms with van der Waals surface area (Å²) in [4.78, 5) is 11.7. The van der Waals surface area contributed by atoms with Crippen LogP contribution in [0, 0.1) is 0 Å². The Morgan fingerprint density at radius 1 is 1.47 bits per heavy atom. The number of hydrogen-bond donors (Lipinski definition) is 2. The fraction of sp³-hybridized carbons (Fsp3) is 0.462. The van der Waals surface area contributed by atoms with Crippen LogP contribution >= 0.6 is 15.9 Å². The van der Waals surface area contributed by atoms with Crippen molar-refractivity contribution >= 4 is 21.8 Å². The van der Waals surface area contributed by atoms with Crippen LogP contribution in [-0.2, 0) is 11.2 Å². The van der Waals surface area contributed by atoms with Crippen molar-refractivity contribution in [2.24, 2.45) is 0 Å². The predicted molar refractivity (Wildman–Crippen MR) is 71.7 cm³/mol. The normalized spacial score (nSPS) is 14.1. The molecule has 1 aromatic rings. The van der Waals surface area contributed by atoms with Gasteiger partial charge >= 0.3 is 0 Å². The first-order valence-electron chi connectivity index (χ1n) is 5.69. The number of carbonyl (C=O) groups excluding carboxylic acids is 1. The number of benzene rings is 1. The van der Waals surface area contributed by atoms with Gasteiger partial charge in [0.1, 0.15) is 0 Å². The van der Waals surface area contributed by atoms with E-state index in [0.717, 1.165) is 10.0 Å². The van der Waals surface area contributed by atoms with Crippen LogP contribution in [-0.4, -0.2) is 23.2 Å². The minimum Gasteiger partial charge on any atom is -0.393 e. The van der Waals surface area contributed by atoms with Crippen LogP contribution in [0.4, 0.5) is 0 Å². The third kappa shape index (κ3) is 5.84. The molecule has 0 saturated heterocycles. The summed E-state index contributed by atoms with van der Waals surface area (Å²) >= 11 is 3.37. The van der Waals surface area contributed by atoms with Gasteiger partial charge in [0.15, 0.2) is 0 Å². The number of carbonyl (C=O) groups is 1. The Balaban J connectivity index is 2.44. The van der Waals surface area contributed by atoms with E-state index in [-0.39, 0.29) is 11.9 Å². The highest BCUT2D eigenvalue weighted by molar-refractivity contribution is 9.10. The summed E-state index contributed by atoms with van der Waals surface area (Å²) in [5, 5.41) is 12.1. The van der Waals surface area contributed by atoms with E-state index < -0.39 is 6.10 Å². The molecule has 0 fully saturated rings. The van der Waals surface area contributed by atoms with Gasteiger partial charge in [0.25, 0.3) is 0 Å². The zero-order valence-electron chi connectivity index (χ0n) is 10.1. The van der Waals surface area contributed by atoms with E-state index in [2.05, 4.69) is 21.2 Å². The second kappa shape index (κ2) is 6.77. The highest BCUT2D eigenvalue weighted by Crippen LogP contribution is 2.12. The van der Waals surface area contributed by atoms with Crippen LogP contribution in [0.5, 0.6) is 0 Å². The Morgan fingerprint density at radius 2 is 2.18 bits per heavy atom. The zero-order valence-corrected chi connectivity index (χ0v) is 11.7. The standard InChI is InChI=1S/C13H18BrNO2/c1-9(6-10(2)16)15-13(17)8-11-4-3-5-12(14)7-11/h3-5,7,9-10,16H,6,8H2,1-2H3,(H,15,17). The maximum Gasteiger partial charge on any atom is 0.224 e. The third-order valence-corrected chi connectivity index (χ3v) is 2.85. The number of amides is 1. The molecule has 4 heteroatoms. The Morgan fingerprint density at radius 3 is 2.76 bits per heavy atom. The topological polar surface area (TPSA) is 49.3 Å². The summed E-state index contributed by atoms with van der Waals surface area (Å²) in [6.45, 7) is 3.61. The number of aliphatic hydroxyl groups excluding tert-OH is 1. The highest BCUT2D eigenvalue weighted by atomic mass is 79.9. The number of aliphatic hydroxyl groups is 1. The van der Waals surface area contributed by atoms with Gasteiger partial charge in [-0.05, 0) is 38.0 Å². The smallest absolute Gasteiger partial charge is 0.224 e. The molecule has 0 aliphatic carbocycles. The van der Waals surface area contributed by atoms with Crippen LogP contribution in [0.1, 0.15) is 25.8 Å². The Hall–Kier alpha value is -0.870. The molecule has 0 aromatic heterocycles. The van der Waals surface area contributed by atoms with Gasteiger partial charge in [-0.25, -0.2) is 0 Å². The zero-order chi connectivity index (χ0) is 12.8. The minimum absolute atomic E-state index is 0.00495. The van der Waals surface area contributed by atoms with E-state index in [4.69, 9.17) is 0 Å². The first kappa shape index (κ1) is 14.2. The monoisotopic (exact) mass is 299 g/mol. The molecule has 0 saturated carbocycles. The second-order valence-corrected chi connectivity index (χ2v) is 5.28. The average Bonchev–Trinajstić information content (AvgIpc) is 2.14. The van der Waals surface area contributed by atoms with Crippen molar-refractivity contribution in [1.29, 1.82) is 0 Å². The molecule has 0 spiro atoms. The summed E-state index contributed by atoms with van der Waals surface area (Å²) in [5.74, 6) is -0.0174. The van der Waals surface area contributed by atoms with Crippen LogP contribution in [0.25, 0.3) is 0 Å². The van der Waals surface area contributed by atoms with E-state index in [1.807, 2.05) is 31.2 Å². The van der Waals surface area contributed by atoms with Crippen molar-refractivity contribution in [3.63, 3.8) is 0 Å². The first-order chi connectivity index (χ1) is 7.97. The molecule has 0 aliphatic rings. The summed E-state index contributed by atoms with van der Waals surface area (Å²) < 4.78 is 0.972. The molecular weight excluding hydrogens is 282 g/mol. The molecule has 0 radical (unpaired) electrons. The van der Waals surface area contributed by atoms with E-state index in [9.17, 15) is 9.90 Å². The lowest BCUT2D eigenvalue weighted by atomic mass is 10.1. The molecule has 0 heterocycles. The number of nitrogens with one attached hydrogen (secondary N) is 1. The Kier molecular flexibility index (Phi) is 5.65. The van der Waals surface area contributed by atoms with E-state index in [0.29, 0.717) is 12.8 Å². The number of halogens is 1. The summed E-state index contributed by atoms with van der Waals surface area (Å²) in [6.07, 6.45) is 0.546. The average molecular weight is 300 g/mol. The van der Waals surface area contributed by atoms with E-state index in [1.54, 1.807) is 6.92 Å². The summed E-state index contributed by atoms with van der Waals surface area (Å²) in [7, 11) is 0. The molecular formula is C13H18BrNO2. The van der Waals surface area contributed by atoms with Gasteiger partial charge in [-0.15, -0.1) is 0 Å². The molecule has 2 N–H and O–H groups in total. The molecule has 1 rings (SSSR count). The number of hydrogen-bond acceptors (Lipinski definition) is 2. The van der Waals surface area contributed by atoms with Crippen LogP contribution < -0.4 is 5.32 Å². The lowest BCUT2D eigenvalue weighted by molar-refractivity contribution is -0.121. The van der Waals surface area contributed by atoms with Crippen molar-refractivity contribution in [3.8, 4) is 0 Å². The minimum atomic E-state index is -0.392. The van der Waals surface area contributed by atoms with Gasteiger partial charge in [-0.2, -0.15) is 0 Å². The Labute approximate surface area is 110 Å². The van der Waals surface area contributed by atoms with Crippen LogP contribution in [0.2, 0.25) is 0 Å². The van der Waals surface area contributed by atoms with Crippen molar-refractivity contribution in [2.75, 3.05) is 0 Å². The van der Waals surface area contributed by atoms with Gasteiger partial charge in [0, 0.05) is 10.5 Å². The van der Waals surface area contributed by atoms with E-state index in [1.165, 1.54) is 0 Å². The van der Waals surface area contributed by atoms with Crippen LogP contribution in [0.15, 0.2) is 28.7 Å². The van der Waals surface area contributed by atoms with Gasteiger partial charge in [-0.3, -0.25) is 4.79 Å². The first-order valence-corrected chi connectivity index (χ1v) is 6.48. The van der Waals surface area contributed by atoms with Gasteiger partial charge in [0.05, 0.1) is 12.5 Å². The largest absolute Gasteiger partial charge is 0.393 e. The van der Waals surface area contributed by atoms with Crippen molar-refractivity contribution in [3.05, 3.63) is 34.3 Å². The Bertz CT molecular complexity index is 379. The fourth-order valence-corrected chi connectivity index (χ4v) is 2.18. The van der Waals surface area contributed by atoms with Crippen molar-refractivity contribution in [1.82, 2.24) is 5.32 Å². The lowest BCUT2D eigenvalue weighted by Gasteiger charge is -2.15. The fourth-order valence-electron chi connectivity index (χ4n) is 1.73. The number of rotatable bonds is 5. The maximum atomic E-state index is 11.7. The molecule has 1 amide bonds. The van der Waals surface area contributed by atoms with Gasteiger partial charge < -0.3 is 10.4 Å². The molecule has 0 aliphatic heterocycles. The molecule has 2 atom stereocenters. The lowest BCUT2D eigenvalue weighted by Crippen LogP contribution is -2.35. The third-order valence-electron chi connectivity index (χ3n) is 2.36. The molecule has 94 valence electrons. The highest BCUT2D eigenvalue weighted by Gasteiger charge is 2.10. The summed E-state index contributed by atoms with van der Waals surface area (Å²) in [5.41, 5.74) is 0.973. The quantitative estimate of drug-likeness (QED) is 0.876. The maximum absolute atomic E-state index is 11.7. The molecule has 17 heavy (non-hydrogen) atoms. The van der Waals surface area contributed by atoms with Gasteiger partial charge in [0.2, 0.25) is 5.91 Å². The molecule has 3 nitrogen and oxygen atoms in total. The SMILES string of the molecule is CC(O)CC(C)NC(=O)Cc1cccc(Br)c1. The summed E-state index contributed by atoms with van der Waals surface area (Å²) in [6, 6.07) is 7.68. The predicted octanol–water partition coefficient (Wildman–Crippen LogP) is 2.27. The van der Waals surface area contributed by atoms with E-state index >= 15 is 0 Å². The molecule has 0 bridgehead atoms. The van der Waals surface area contributed by atoms with Crippen LogP contribution in [0.3, 0.4) is 0 Å². The van der Waals surface area contributed by atoms with Crippen molar-refractivity contribution in [2.45, 2.75) is 38.8 Å². The second-order valence-electron chi connectivity index (χ2n) is 4.36.